The SMILES string of the molecule is CCNC(=NCc1ccc(C)cc1OC)NCc1ncc(-c2ccc(C)cc2)o1.I. The summed E-state index contributed by atoms with van der Waals surface area (Å²) in [6.07, 6.45) is 1.75. The van der Waals surface area contributed by atoms with Gasteiger partial charge in [0.05, 0.1) is 26.4 Å². The van der Waals surface area contributed by atoms with Crippen molar-refractivity contribution in [2.45, 2.75) is 33.9 Å². The molecule has 7 heteroatoms. The number of aryl methyl sites for hydroxylation is 2. The van der Waals surface area contributed by atoms with Gasteiger partial charge in [-0.1, -0.05) is 42.0 Å². The quantitative estimate of drug-likeness (QED) is 0.265. The van der Waals surface area contributed by atoms with E-state index < -0.39 is 0 Å². The Morgan fingerprint density at radius 3 is 2.50 bits per heavy atom. The van der Waals surface area contributed by atoms with Crippen LogP contribution < -0.4 is 15.4 Å². The van der Waals surface area contributed by atoms with Gasteiger partial charge in [0.2, 0.25) is 5.89 Å². The summed E-state index contributed by atoms with van der Waals surface area (Å²) < 4.78 is 11.3. The van der Waals surface area contributed by atoms with E-state index in [4.69, 9.17) is 9.15 Å². The molecule has 6 nitrogen and oxygen atoms in total. The van der Waals surface area contributed by atoms with Crippen molar-refractivity contribution in [1.82, 2.24) is 15.6 Å². The average Bonchev–Trinajstić information content (AvgIpc) is 3.20. The third kappa shape index (κ3) is 6.48. The molecular formula is C23H29IN4O2. The molecule has 0 aliphatic carbocycles. The summed E-state index contributed by atoms with van der Waals surface area (Å²) >= 11 is 0. The fourth-order valence-electron chi connectivity index (χ4n) is 2.89. The van der Waals surface area contributed by atoms with Crippen molar-refractivity contribution in [1.29, 1.82) is 0 Å². The van der Waals surface area contributed by atoms with Crippen molar-refractivity contribution in [2.24, 2.45) is 4.99 Å². The summed E-state index contributed by atoms with van der Waals surface area (Å²) in [5.41, 5.74) is 4.43. The van der Waals surface area contributed by atoms with Gasteiger partial charge in [0.1, 0.15) is 5.75 Å². The van der Waals surface area contributed by atoms with Crippen molar-refractivity contribution in [2.75, 3.05) is 13.7 Å². The maximum absolute atomic E-state index is 5.87. The first-order chi connectivity index (χ1) is 14.1. The summed E-state index contributed by atoms with van der Waals surface area (Å²) in [6.45, 7) is 7.86. The zero-order chi connectivity index (χ0) is 20.6. The molecule has 0 aliphatic heterocycles. The maximum atomic E-state index is 5.87. The number of methoxy groups -OCH3 is 1. The Morgan fingerprint density at radius 1 is 1.07 bits per heavy atom. The van der Waals surface area contributed by atoms with Crippen LogP contribution in [0.4, 0.5) is 0 Å². The van der Waals surface area contributed by atoms with E-state index in [1.54, 1.807) is 13.3 Å². The molecule has 1 heterocycles. The zero-order valence-electron chi connectivity index (χ0n) is 17.9. The van der Waals surface area contributed by atoms with Crippen molar-refractivity contribution >= 4 is 29.9 Å². The number of hydrogen-bond acceptors (Lipinski definition) is 4. The number of hydrogen-bond donors (Lipinski definition) is 2. The average molecular weight is 520 g/mol. The molecule has 3 rings (SSSR count). The predicted octanol–water partition coefficient (Wildman–Crippen LogP) is 4.84. The molecule has 0 unspecified atom stereocenters. The lowest BCUT2D eigenvalue weighted by Gasteiger charge is -2.11. The van der Waals surface area contributed by atoms with Gasteiger partial charge >= 0.3 is 0 Å². The minimum Gasteiger partial charge on any atom is -0.496 e. The summed E-state index contributed by atoms with van der Waals surface area (Å²) in [6, 6.07) is 14.3. The molecule has 0 fully saturated rings. The first-order valence-electron chi connectivity index (χ1n) is 9.76. The first-order valence-corrected chi connectivity index (χ1v) is 9.76. The first kappa shape index (κ1) is 23.7. The lowest BCUT2D eigenvalue weighted by Crippen LogP contribution is -2.36. The Bertz CT molecular complexity index is 968. The van der Waals surface area contributed by atoms with E-state index in [1.165, 1.54) is 5.56 Å². The maximum Gasteiger partial charge on any atom is 0.214 e. The third-order valence-corrected chi connectivity index (χ3v) is 4.49. The molecule has 0 atom stereocenters. The number of rotatable bonds is 7. The smallest absolute Gasteiger partial charge is 0.214 e. The number of aliphatic imine (C=N–C) groups is 1. The van der Waals surface area contributed by atoms with Crippen LogP contribution in [0, 0.1) is 13.8 Å². The molecule has 3 aromatic rings. The monoisotopic (exact) mass is 520 g/mol. The number of halogens is 1. The third-order valence-electron chi connectivity index (χ3n) is 4.49. The highest BCUT2D eigenvalue weighted by Gasteiger charge is 2.08. The van der Waals surface area contributed by atoms with Gasteiger partial charge in [0.15, 0.2) is 11.7 Å². The van der Waals surface area contributed by atoms with Crippen LogP contribution in [0.3, 0.4) is 0 Å². The largest absolute Gasteiger partial charge is 0.496 e. The number of ether oxygens (including phenoxy) is 1. The molecule has 0 amide bonds. The van der Waals surface area contributed by atoms with Crippen molar-refractivity contribution < 1.29 is 9.15 Å². The van der Waals surface area contributed by atoms with Crippen LogP contribution in [0.1, 0.15) is 29.5 Å². The van der Waals surface area contributed by atoms with E-state index in [9.17, 15) is 0 Å². The van der Waals surface area contributed by atoms with Gasteiger partial charge in [-0.05, 0) is 32.4 Å². The number of guanidine groups is 1. The fraction of sp³-hybridized carbons (Fsp3) is 0.304. The summed E-state index contributed by atoms with van der Waals surface area (Å²) in [4.78, 5) is 9.03. The van der Waals surface area contributed by atoms with Crippen molar-refractivity contribution in [3.63, 3.8) is 0 Å². The van der Waals surface area contributed by atoms with Gasteiger partial charge in [-0.3, -0.25) is 0 Å². The second-order valence-corrected chi connectivity index (χ2v) is 6.85. The van der Waals surface area contributed by atoms with E-state index in [0.29, 0.717) is 24.9 Å². The summed E-state index contributed by atoms with van der Waals surface area (Å²) in [5.74, 6) is 2.91. The molecule has 0 saturated heterocycles. The van der Waals surface area contributed by atoms with Crippen LogP contribution in [0.2, 0.25) is 0 Å². The topological polar surface area (TPSA) is 71.7 Å². The van der Waals surface area contributed by atoms with Crippen LogP contribution in [-0.2, 0) is 13.1 Å². The number of benzene rings is 2. The lowest BCUT2D eigenvalue weighted by molar-refractivity contribution is 0.409. The van der Waals surface area contributed by atoms with Crippen LogP contribution in [0.25, 0.3) is 11.3 Å². The second kappa shape index (κ2) is 11.6. The predicted molar refractivity (Wildman–Crippen MR) is 131 cm³/mol. The Balaban J connectivity index is 0.00000320. The Hall–Kier alpha value is -2.55. The normalized spacial score (nSPS) is 11.0. The van der Waals surface area contributed by atoms with Crippen LogP contribution in [0.15, 0.2) is 58.1 Å². The van der Waals surface area contributed by atoms with Crippen molar-refractivity contribution in [3.8, 4) is 17.1 Å². The molecule has 0 radical (unpaired) electrons. The van der Waals surface area contributed by atoms with Gasteiger partial charge in [-0.2, -0.15) is 0 Å². The van der Waals surface area contributed by atoms with Crippen LogP contribution in [-0.4, -0.2) is 24.6 Å². The number of nitrogens with one attached hydrogen (secondary N) is 2. The van der Waals surface area contributed by atoms with E-state index in [-0.39, 0.29) is 24.0 Å². The molecule has 30 heavy (non-hydrogen) atoms. The Kier molecular flexibility index (Phi) is 9.16. The van der Waals surface area contributed by atoms with Gasteiger partial charge in [-0.25, -0.2) is 9.98 Å². The van der Waals surface area contributed by atoms with E-state index in [0.717, 1.165) is 34.7 Å². The molecule has 2 N–H and O–H groups in total. The molecule has 0 bridgehead atoms. The highest BCUT2D eigenvalue weighted by atomic mass is 127. The van der Waals surface area contributed by atoms with Gasteiger partial charge in [0.25, 0.3) is 0 Å². The molecule has 2 aromatic carbocycles. The Morgan fingerprint density at radius 2 is 1.80 bits per heavy atom. The Labute approximate surface area is 195 Å². The minimum atomic E-state index is 0. The highest BCUT2D eigenvalue weighted by Crippen LogP contribution is 2.21. The summed E-state index contributed by atoms with van der Waals surface area (Å²) in [5, 5.41) is 6.52. The van der Waals surface area contributed by atoms with Gasteiger partial charge in [-0.15, -0.1) is 24.0 Å². The van der Waals surface area contributed by atoms with Crippen molar-refractivity contribution in [3.05, 3.63) is 71.2 Å². The molecule has 0 aliphatic rings. The fourth-order valence-corrected chi connectivity index (χ4v) is 2.89. The number of oxazole rings is 1. The van der Waals surface area contributed by atoms with Gasteiger partial charge in [0, 0.05) is 17.7 Å². The minimum absolute atomic E-state index is 0. The van der Waals surface area contributed by atoms with Crippen LogP contribution >= 0.6 is 24.0 Å². The molecular weight excluding hydrogens is 491 g/mol. The van der Waals surface area contributed by atoms with E-state index in [2.05, 4.69) is 45.7 Å². The lowest BCUT2D eigenvalue weighted by atomic mass is 10.1. The van der Waals surface area contributed by atoms with E-state index in [1.807, 2.05) is 38.1 Å². The van der Waals surface area contributed by atoms with E-state index >= 15 is 0 Å². The molecule has 0 saturated carbocycles. The molecule has 0 spiro atoms. The second-order valence-electron chi connectivity index (χ2n) is 6.85. The number of nitrogens with zero attached hydrogens (tertiary/aromatic N) is 2. The van der Waals surface area contributed by atoms with Gasteiger partial charge < -0.3 is 19.8 Å². The van der Waals surface area contributed by atoms with Crippen LogP contribution in [0.5, 0.6) is 5.75 Å². The zero-order valence-corrected chi connectivity index (χ0v) is 20.2. The standard InChI is InChI=1S/C23H28N4O2.HI/c1-5-24-23(26-13-19-11-8-17(3)12-20(19)28-4)27-15-22-25-14-21(29-22)18-9-6-16(2)7-10-18;/h6-12,14H,5,13,15H2,1-4H3,(H2,24,26,27);1H. The number of aromatic nitrogens is 1. The highest BCUT2D eigenvalue weighted by molar-refractivity contribution is 14.0. The molecule has 1 aromatic heterocycles. The molecule has 160 valence electrons. The summed E-state index contributed by atoms with van der Waals surface area (Å²) in [7, 11) is 1.68.